The Labute approximate surface area is 181 Å². The fraction of sp³-hybridized carbons (Fsp3) is 0.320. The quantitative estimate of drug-likeness (QED) is 0.651. The molecular formula is C25H24N4O2. The highest BCUT2D eigenvalue weighted by Gasteiger charge is 2.31. The number of nitriles is 1. The van der Waals surface area contributed by atoms with E-state index in [9.17, 15) is 4.79 Å². The van der Waals surface area contributed by atoms with Crippen LogP contribution in [0.2, 0.25) is 0 Å². The van der Waals surface area contributed by atoms with Crippen molar-refractivity contribution in [2.75, 3.05) is 24.5 Å². The lowest BCUT2D eigenvalue weighted by Gasteiger charge is -2.43. The first-order valence-corrected chi connectivity index (χ1v) is 10.7. The predicted molar refractivity (Wildman–Crippen MR) is 121 cm³/mol. The Balaban J connectivity index is 1.32. The molecule has 3 heterocycles. The average molecular weight is 412 g/mol. The molecule has 3 aromatic rings. The van der Waals surface area contributed by atoms with Crippen molar-refractivity contribution in [1.82, 2.24) is 9.88 Å². The van der Waals surface area contributed by atoms with Gasteiger partial charge in [0.2, 0.25) is 0 Å². The number of pyridine rings is 1. The number of piperazine rings is 1. The van der Waals surface area contributed by atoms with E-state index in [-0.39, 0.29) is 5.63 Å². The Hall–Kier alpha value is -3.43. The van der Waals surface area contributed by atoms with Gasteiger partial charge in [0.05, 0.1) is 22.5 Å². The second kappa shape index (κ2) is 8.01. The van der Waals surface area contributed by atoms with Gasteiger partial charge >= 0.3 is 5.63 Å². The molecule has 0 bridgehead atoms. The number of allylic oxidation sites excluding steroid dienone is 1. The Morgan fingerprint density at radius 3 is 2.81 bits per heavy atom. The molecule has 1 unspecified atom stereocenters. The summed E-state index contributed by atoms with van der Waals surface area (Å²) >= 11 is 0. The average Bonchev–Trinajstić information content (AvgIpc) is 3.29. The molecule has 0 spiro atoms. The maximum absolute atomic E-state index is 12.3. The van der Waals surface area contributed by atoms with Crippen molar-refractivity contribution in [2.45, 2.75) is 31.8 Å². The Morgan fingerprint density at radius 1 is 1.19 bits per heavy atom. The van der Waals surface area contributed by atoms with Crippen molar-refractivity contribution in [3.8, 4) is 6.07 Å². The highest BCUT2D eigenvalue weighted by molar-refractivity contribution is 5.80. The van der Waals surface area contributed by atoms with Crippen molar-refractivity contribution in [3.05, 3.63) is 76.5 Å². The SMILES string of the molecule is C[C@@H]1CN(c2ccc(C#N)cc2)CCN1C1C=C(c2cc3ncccc3c(=O)o2)CC1. The van der Waals surface area contributed by atoms with Gasteiger partial charge in [-0.05, 0) is 61.7 Å². The van der Waals surface area contributed by atoms with Gasteiger partial charge in [0.1, 0.15) is 5.76 Å². The van der Waals surface area contributed by atoms with E-state index in [0.29, 0.717) is 34.3 Å². The van der Waals surface area contributed by atoms with Crippen LogP contribution < -0.4 is 10.5 Å². The number of hydrogen-bond donors (Lipinski definition) is 0. The van der Waals surface area contributed by atoms with Gasteiger partial charge in [0, 0.05) is 49.7 Å². The summed E-state index contributed by atoms with van der Waals surface area (Å²) in [6.07, 6.45) is 5.89. The lowest BCUT2D eigenvalue weighted by Crippen LogP contribution is -2.54. The number of rotatable bonds is 3. The van der Waals surface area contributed by atoms with Crippen LogP contribution in [0.25, 0.3) is 16.5 Å². The van der Waals surface area contributed by atoms with Crippen molar-refractivity contribution in [2.24, 2.45) is 0 Å². The van der Waals surface area contributed by atoms with Crippen LogP contribution in [0.5, 0.6) is 0 Å². The molecule has 2 atom stereocenters. The largest absolute Gasteiger partial charge is 0.423 e. The van der Waals surface area contributed by atoms with Crippen LogP contribution in [0.1, 0.15) is 31.1 Å². The van der Waals surface area contributed by atoms with Gasteiger partial charge in [-0.2, -0.15) is 5.26 Å². The topological polar surface area (TPSA) is 73.4 Å². The molecule has 0 saturated carbocycles. The zero-order valence-corrected chi connectivity index (χ0v) is 17.5. The van der Waals surface area contributed by atoms with Crippen LogP contribution in [0, 0.1) is 11.3 Å². The monoisotopic (exact) mass is 412 g/mol. The van der Waals surface area contributed by atoms with Gasteiger partial charge < -0.3 is 9.32 Å². The zero-order chi connectivity index (χ0) is 21.4. The van der Waals surface area contributed by atoms with E-state index in [1.165, 1.54) is 5.69 Å². The van der Waals surface area contributed by atoms with E-state index in [2.05, 4.69) is 33.9 Å². The third kappa shape index (κ3) is 3.73. The highest BCUT2D eigenvalue weighted by atomic mass is 16.4. The summed E-state index contributed by atoms with van der Waals surface area (Å²) in [4.78, 5) is 21.6. The van der Waals surface area contributed by atoms with E-state index in [4.69, 9.17) is 9.68 Å². The highest BCUT2D eigenvalue weighted by Crippen LogP contribution is 2.33. The number of fused-ring (bicyclic) bond motifs is 1. The fourth-order valence-electron chi connectivity index (χ4n) is 4.79. The van der Waals surface area contributed by atoms with Crippen LogP contribution in [-0.4, -0.2) is 41.6 Å². The molecule has 0 radical (unpaired) electrons. The molecule has 5 rings (SSSR count). The number of nitrogens with zero attached hydrogens (tertiary/aromatic N) is 4. The first kappa shape index (κ1) is 19.5. The number of anilines is 1. The molecule has 1 fully saturated rings. The standard InChI is InChI=1S/C25H24N4O2/c1-17-16-28(20-7-4-18(15-26)5-8-20)11-12-29(17)21-9-6-19(13-21)24-14-23-22(25(30)31-24)3-2-10-27-23/h2-5,7-8,10,13-14,17,21H,6,9,11-12,16H2,1H3/t17-,21?/m1/s1. The normalized spacial score (nSPS) is 21.8. The molecule has 31 heavy (non-hydrogen) atoms. The van der Waals surface area contributed by atoms with Crippen LogP contribution in [0.3, 0.4) is 0 Å². The lowest BCUT2D eigenvalue weighted by atomic mass is 10.1. The molecular weight excluding hydrogens is 388 g/mol. The molecule has 2 aromatic heterocycles. The van der Waals surface area contributed by atoms with Crippen molar-refractivity contribution in [3.63, 3.8) is 0 Å². The van der Waals surface area contributed by atoms with E-state index in [0.717, 1.165) is 38.0 Å². The summed E-state index contributed by atoms with van der Waals surface area (Å²) in [5.74, 6) is 0.641. The summed E-state index contributed by atoms with van der Waals surface area (Å²) in [6, 6.07) is 16.1. The Bertz CT molecular complexity index is 1240. The predicted octanol–water partition coefficient (Wildman–Crippen LogP) is 3.82. The third-order valence-corrected chi connectivity index (χ3v) is 6.41. The van der Waals surface area contributed by atoms with Crippen molar-refractivity contribution in [1.29, 1.82) is 5.26 Å². The van der Waals surface area contributed by atoms with Crippen molar-refractivity contribution >= 4 is 22.2 Å². The van der Waals surface area contributed by atoms with E-state index >= 15 is 0 Å². The molecule has 1 saturated heterocycles. The second-order valence-electron chi connectivity index (χ2n) is 8.32. The summed E-state index contributed by atoms with van der Waals surface area (Å²) < 4.78 is 5.62. The van der Waals surface area contributed by atoms with E-state index in [1.807, 2.05) is 30.3 Å². The maximum atomic E-state index is 12.3. The van der Waals surface area contributed by atoms with Crippen molar-refractivity contribution < 1.29 is 4.42 Å². The number of hydrogen-bond acceptors (Lipinski definition) is 6. The van der Waals surface area contributed by atoms with Gasteiger partial charge in [-0.25, -0.2) is 4.79 Å². The number of aromatic nitrogens is 1. The Morgan fingerprint density at radius 2 is 2.03 bits per heavy atom. The zero-order valence-electron chi connectivity index (χ0n) is 17.5. The van der Waals surface area contributed by atoms with Crippen LogP contribution in [-0.2, 0) is 0 Å². The third-order valence-electron chi connectivity index (χ3n) is 6.41. The fourth-order valence-corrected chi connectivity index (χ4v) is 4.79. The summed E-state index contributed by atoms with van der Waals surface area (Å²) in [5.41, 5.74) is 3.31. The van der Waals surface area contributed by atoms with Gasteiger partial charge in [-0.3, -0.25) is 9.88 Å². The molecule has 6 nitrogen and oxygen atoms in total. The van der Waals surface area contributed by atoms with Crippen LogP contribution in [0.15, 0.2) is 63.9 Å². The van der Waals surface area contributed by atoms with E-state index < -0.39 is 0 Å². The molecule has 1 aliphatic carbocycles. The minimum Gasteiger partial charge on any atom is -0.423 e. The summed E-state index contributed by atoms with van der Waals surface area (Å²) in [7, 11) is 0. The summed E-state index contributed by atoms with van der Waals surface area (Å²) in [6.45, 7) is 5.13. The maximum Gasteiger partial charge on any atom is 0.345 e. The van der Waals surface area contributed by atoms with Gasteiger partial charge in [0.15, 0.2) is 0 Å². The minimum atomic E-state index is -0.325. The van der Waals surface area contributed by atoms with Crippen LogP contribution in [0.4, 0.5) is 5.69 Å². The van der Waals surface area contributed by atoms with Gasteiger partial charge in [-0.15, -0.1) is 0 Å². The smallest absolute Gasteiger partial charge is 0.345 e. The Kier molecular flexibility index (Phi) is 5.05. The van der Waals surface area contributed by atoms with Gasteiger partial charge in [-0.1, -0.05) is 6.08 Å². The molecule has 2 aliphatic rings. The second-order valence-corrected chi connectivity index (χ2v) is 8.32. The number of benzene rings is 1. The summed E-state index contributed by atoms with van der Waals surface area (Å²) in [5, 5.41) is 9.53. The molecule has 0 amide bonds. The first-order valence-electron chi connectivity index (χ1n) is 10.7. The van der Waals surface area contributed by atoms with Gasteiger partial charge in [0.25, 0.3) is 0 Å². The lowest BCUT2D eigenvalue weighted by molar-refractivity contribution is 0.153. The molecule has 0 N–H and O–H groups in total. The molecule has 6 heteroatoms. The van der Waals surface area contributed by atoms with Crippen LogP contribution >= 0.6 is 0 Å². The van der Waals surface area contributed by atoms with E-state index in [1.54, 1.807) is 18.3 Å². The molecule has 1 aromatic carbocycles. The minimum absolute atomic E-state index is 0.325. The first-order chi connectivity index (χ1) is 15.1. The molecule has 1 aliphatic heterocycles. The molecule has 156 valence electrons.